The van der Waals surface area contributed by atoms with E-state index in [-0.39, 0.29) is 18.2 Å². The van der Waals surface area contributed by atoms with Crippen LogP contribution in [0.4, 0.5) is 17.6 Å². The first-order valence-electron chi connectivity index (χ1n) is 3.24. The molecule has 0 aromatic carbocycles. The molecule has 13 heavy (non-hydrogen) atoms. The first kappa shape index (κ1) is 9.76. The van der Waals surface area contributed by atoms with Crippen LogP contribution >= 0.6 is 0 Å². The summed E-state index contributed by atoms with van der Waals surface area (Å²) < 4.78 is 50.3. The summed E-state index contributed by atoms with van der Waals surface area (Å²) in [6.45, 7) is 0. The number of alkyl halides is 4. The van der Waals surface area contributed by atoms with Crippen LogP contribution < -0.4 is 5.73 Å². The van der Waals surface area contributed by atoms with Crippen LogP contribution in [0.25, 0.3) is 0 Å². The molecule has 0 saturated heterocycles. The fourth-order valence-corrected chi connectivity index (χ4v) is 0.878. The maximum Gasteiger partial charge on any atom is 0.297 e. The quantitative estimate of drug-likeness (QED) is 0.496. The van der Waals surface area contributed by atoms with Crippen LogP contribution in [0.2, 0.25) is 0 Å². The highest BCUT2D eigenvalue weighted by atomic mass is 19.3. The fourth-order valence-electron chi connectivity index (χ4n) is 0.878. The monoisotopic (exact) mass is 195 g/mol. The minimum atomic E-state index is -3.70. The third-order valence-electron chi connectivity index (χ3n) is 1.48. The van der Waals surface area contributed by atoms with E-state index in [9.17, 15) is 22.4 Å². The van der Waals surface area contributed by atoms with E-state index in [1.54, 1.807) is 0 Å². The van der Waals surface area contributed by atoms with E-state index >= 15 is 0 Å². The molecule has 0 aromatic heterocycles. The maximum atomic E-state index is 12.7. The van der Waals surface area contributed by atoms with Gasteiger partial charge in [-0.05, 0) is 12.2 Å². The summed E-state index contributed by atoms with van der Waals surface area (Å²) in [5.41, 5.74) is 3.13. The van der Waals surface area contributed by atoms with Crippen molar-refractivity contribution in [1.29, 1.82) is 0 Å². The van der Waals surface area contributed by atoms with Gasteiger partial charge in [0.15, 0.2) is 0 Å². The van der Waals surface area contributed by atoms with Crippen LogP contribution in [-0.4, -0.2) is 17.8 Å². The molecule has 0 fully saturated rings. The number of primary amides is 1. The Hall–Kier alpha value is -1.33. The van der Waals surface area contributed by atoms with E-state index in [2.05, 4.69) is 5.73 Å². The number of hydrogen-bond donors (Lipinski definition) is 1. The zero-order valence-electron chi connectivity index (χ0n) is 6.23. The molecule has 0 heterocycles. The molecule has 0 bridgehead atoms. The molecule has 1 aliphatic carbocycles. The van der Waals surface area contributed by atoms with Crippen molar-refractivity contribution in [2.45, 2.75) is 11.8 Å². The molecule has 2 N–H and O–H groups in total. The summed E-state index contributed by atoms with van der Waals surface area (Å²) in [4.78, 5) is 10.4. The summed E-state index contributed by atoms with van der Waals surface area (Å²) in [6.07, 6.45) is -0.137. The molecule has 0 aromatic rings. The Morgan fingerprint density at radius 1 is 1.23 bits per heavy atom. The van der Waals surface area contributed by atoms with Crippen LogP contribution in [0.5, 0.6) is 0 Å². The predicted octanol–water partition coefficient (Wildman–Crippen LogP) is 1.24. The van der Waals surface area contributed by atoms with Crippen LogP contribution in [0, 0.1) is 0 Å². The van der Waals surface area contributed by atoms with Crippen molar-refractivity contribution >= 4 is 5.91 Å². The standard InChI is InChI=1S/C7H5F4NO/c8-6(9)1-2-7(10,11)4(3-6)5(12)13/h1-3H,(H2,12,13). The molecule has 1 aliphatic rings. The van der Waals surface area contributed by atoms with E-state index in [4.69, 9.17) is 0 Å². The van der Waals surface area contributed by atoms with Gasteiger partial charge < -0.3 is 5.73 Å². The molecule has 2 nitrogen and oxygen atoms in total. The lowest BCUT2D eigenvalue weighted by atomic mass is 9.99. The predicted molar refractivity (Wildman–Crippen MR) is 36.3 cm³/mol. The Morgan fingerprint density at radius 2 is 1.77 bits per heavy atom. The van der Waals surface area contributed by atoms with Crippen molar-refractivity contribution in [3.63, 3.8) is 0 Å². The lowest BCUT2D eigenvalue weighted by Crippen LogP contribution is -2.33. The van der Waals surface area contributed by atoms with Crippen LogP contribution in [0.3, 0.4) is 0 Å². The van der Waals surface area contributed by atoms with Crippen LogP contribution in [-0.2, 0) is 4.79 Å². The molecule has 0 atom stereocenters. The summed E-state index contributed by atoms with van der Waals surface area (Å²) in [7, 11) is 0. The van der Waals surface area contributed by atoms with Crippen LogP contribution in [0.15, 0.2) is 23.8 Å². The normalized spacial score (nSPS) is 23.8. The number of amides is 1. The van der Waals surface area contributed by atoms with Gasteiger partial charge in [0.1, 0.15) is 0 Å². The second-order valence-electron chi connectivity index (χ2n) is 2.55. The number of hydrogen-bond acceptors (Lipinski definition) is 1. The largest absolute Gasteiger partial charge is 0.366 e. The number of rotatable bonds is 1. The second-order valence-corrected chi connectivity index (χ2v) is 2.55. The van der Waals surface area contributed by atoms with Gasteiger partial charge >= 0.3 is 0 Å². The summed E-state index contributed by atoms with van der Waals surface area (Å²) in [6, 6.07) is 0. The number of carbonyl (C=O) groups excluding carboxylic acids is 1. The highest BCUT2D eigenvalue weighted by Gasteiger charge is 2.42. The van der Waals surface area contributed by atoms with Gasteiger partial charge in [-0.3, -0.25) is 4.79 Å². The van der Waals surface area contributed by atoms with Gasteiger partial charge in [0.25, 0.3) is 17.8 Å². The molecule has 1 amide bonds. The molecule has 0 saturated carbocycles. The van der Waals surface area contributed by atoms with Gasteiger partial charge in [-0.25, -0.2) is 0 Å². The van der Waals surface area contributed by atoms with Crippen molar-refractivity contribution < 1.29 is 22.4 Å². The highest BCUT2D eigenvalue weighted by molar-refractivity contribution is 5.94. The highest BCUT2D eigenvalue weighted by Crippen LogP contribution is 2.35. The van der Waals surface area contributed by atoms with E-state index < -0.39 is 23.3 Å². The molecule has 0 unspecified atom stereocenters. The zero-order chi connectivity index (χ0) is 10.3. The maximum absolute atomic E-state index is 12.7. The average Bonchev–Trinajstić information content (AvgIpc) is 1.95. The zero-order valence-corrected chi connectivity index (χ0v) is 6.23. The van der Waals surface area contributed by atoms with Gasteiger partial charge in [-0.2, -0.15) is 17.6 Å². The molecule has 0 radical (unpaired) electrons. The third-order valence-corrected chi connectivity index (χ3v) is 1.48. The van der Waals surface area contributed by atoms with E-state index in [0.29, 0.717) is 0 Å². The molecular weight excluding hydrogens is 190 g/mol. The number of allylic oxidation sites excluding steroid dienone is 3. The van der Waals surface area contributed by atoms with E-state index in [0.717, 1.165) is 0 Å². The van der Waals surface area contributed by atoms with Crippen molar-refractivity contribution in [3.8, 4) is 0 Å². The minimum absolute atomic E-state index is 0.0272. The van der Waals surface area contributed by atoms with Gasteiger partial charge in [0.05, 0.1) is 5.57 Å². The molecule has 72 valence electrons. The molecule has 1 rings (SSSR count). The lowest BCUT2D eigenvalue weighted by molar-refractivity contribution is -0.117. The van der Waals surface area contributed by atoms with Crippen molar-refractivity contribution in [2.75, 3.05) is 0 Å². The number of carbonyl (C=O) groups is 1. The number of halogens is 4. The second kappa shape index (κ2) is 2.58. The first-order valence-corrected chi connectivity index (χ1v) is 3.24. The topological polar surface area (TPSA) is 43.1 Å². The third kappa shape index (κ3) is 1.88. The Balaban J connectivity index is 3.14. The molecular formula is C7H5F4NO. The van der Waals surface area contributed by atoms with Crippen molar-refractivity contribution in [1.82, 2.24) is 0 Å². The molecule has 0 aliphatic heterocycles. The number of nitrogens with two attached hydrogens (primary N) is 1. The molecule has 0 spiro atoms. The SMILES string of the molecule is NC(=O)C1=CC(F)(F)C=CC1(F)F. The Morgan fingerprint density at radius 3 is 2.15 bits per heavy atom. The van der Waals surface area contributed by atoms with Crippen molar-refractivity contribution in [2.24, 2.45) is 5.73 Å². The van der Waals surface area contributed by atoms with Gasteiger partial charge in [-0.15, -0.1) is 0 Å². The summed E-state index contributed by atoms with van der Waals surface area (Å²) in [5.74, 6) is -8.78. The lowest BCUT2D eigenvalue weighted by Gasteiger charge is -2.20. The minimum Gasteiger partial charge on any atom is -0.366 e. The Bertz CT molecular complexity index is 306. The Kier molecular flexibility index (Phi) is 1.94. The first-order chi connectivity index (χ1) is 5.75. The summed E-state index contributed by atoms with van der Waals surface area (Å²) in [5, 5.41) is 0. The summed E-state index contributed by atoms with van der Waals surface area (Å²) >= 11 is 0. The van der Waals surface area contributed by atoms with Crippen molar-refractivity contribution in [3.05, 3.63) is 23.8 Å². The fraction of sp³-hybridized carbons (Fsp3) is 0.286. The molecule has 6 heteroatoms. The van der Waals surface area contributed by atoms with Gasteiger partial charge in [0, 0.05) is 6.08 Å². The van der Waals surface area contributed by atoms with Gasteiger partial charge in [-0.1, -0.05) is 0 Å². The van der Waals surface area contributed by atoms with Gasteiger partial charge in [0.2, 0.25) is 0 Å². The Labute approximate surface area is 70.7 Å². The smallest absolute Gasteiger partial charge is 0.297 e. The van der Waals surface area contributed by atoms with E-state index in [1.165, 1.54) is 0 Å². The average molecular weight is 195 g/mol. The van der Waals surface area contributed by atoms with E-state index in [1.807, 2.05) is 0 Å². The van der Waals surface area contributed by atoms with Crippen LogP contribution in [0.1, 0.15) is 0 Å².